The number of hydrogen-bond acceptors (Lipinski definition) is 8. The number of aromatic nitrogens is 1. The zero-order valence-corrected chi connectivity index (χ0v) is 21.1. The molecule has 5 N–H and O–H groups in total. The molecule has 1 aromatic carbocycles. The monoisotopic (exact) mass is 496 g/mol. The molecule has 3 fully saturated rings. The molecule has 3 aliphatic heterocycles. The zero-order chi connectivity index (χ0) is 25.4. The number of nitrogens with one attached hydrogen (secondary N) is 1. The summed E-state index contributed by atoms with van der Waals surface area (Å²) in [5.41, 5.74) is 8.14. The maximum Gasteiger partial charge on any atom is 0.253 e. The summed E-state index contributed by atoms with van der Waals surface area (Å²) < 4.78 is 10.9. The van der Waals surface area contributed by atoms with Crippen LogP contribution >= 0.6 is 0 Å². The second kappa shape index (κ2) is 8.36. The first kappa shape index (κ1) is 24.1. The maximum absolute atomic E-state index is 13.2. The molecular formula is C27H36N4O5. The molecule has 8 atom stereocenters. The van der Waals surface area contributed by atoms with Crippen LogP contribution in [0.25, 0.3) is 10.9 Å². The summed E-state index contributed by atoms with van der Waals surface area (Å²) in [5, 5.41) is 26.1. The van der Waals surface area contributed by atoms with E-state index >= 15 is 0 Å². The molecule has 6 rings (SSSR count). The first-order chi connectivity index (χ1) is 17.3. The number of rotatable bonds is 8. The second-order valence-electron chi connectivity index (χ2n) is 11.1. The van der Waals surface area contributed by atoms with Crippen molar-refractivity contribution in [1.29, 1.82) is 0 Å². The van der Waals surface area contributed by atoms with Gasteiger partial charge in [-0.25, -0.2) is 0 Å². The van der Waals surface area contributed by atoms with Crippen LogP contribution in [0.1, 0.15) is 48.7 Å². The fraction of sp³-hybridized carbons (Fsp3) is 0.630. The molecule has 4 aliphatic rings. The maximum atomic E-state index is 13.2. The van der Waals surface area contributed by atoms with Gasteiger partial charge in [-0.05, 0) is 49.9 Å². The number of carbonyl (C=O) groups excluding carboxylic acids is 1. The van der Waals surface area contributed by atoms with Gasteiger partial charge >= 0.3 is 0 Å². The molecule has 1 aliphatic carbocycles. The van der Waals surface area contributed by atoms with Crippen molar-refractivity contribution in [3.05, 3.63) is 35.5 Å². The van der Waals surface area contributed by atoms with Crippen LogP contribution in [0, 0.1) is 5.92 Å². The Morgan fingerprint density at radius 2 is 2.08 bits per heavy atom. The van der Waals surface area contributed by atoms with Gasteiger partial charge in [0, 0.05) is 42.6 Å². The van der Waals surface area contributed by atoms with Crippen LogP contribution in [0.15, 0.2) is 24.3 Å². The Bertz CT molecular complexity index is 1210. The van der Waals surface area contributed by atoms with Crippen molar-refractivity contribution in [2.75, 3.05) is 27.4 Å². The minimum absolute atomic E-state index is 0.0219. The highest BCUT2D eigenvalue weighted by Crippen LogP contribution is 2.73. The molecule has 2 aromatic rings. The Balaban J connectivity index is 1.37. The number of nitrogens with two attached hydrogens (primary N) is 1. The topological polar surface area (TPSA) is 130 Å². The van der Waals surface area contributed by atoms with E-state index in [4.69, 9.17) is 20.2 Å². The van der Waals surface area contributed by atoms with Gasteiger partial charge in [-0.1, -0.05) is 6.92 Å². The van der Waals surface area contributed by atoms with E-state index in [2.05, 4.69) is 10.2 Å². The fourth-order valence-electron chi connectivity index (χ4n) is 7.69. The van der Waals surface area contributed by atoms with Crippen LogP contribution in [0.2, 0.25) is 0 Å². The second-order valence-corrected chi connectivity index (χ2v) is 11.1. The first-order valence-corrected chi connectivity index (χ1v) is 13.0. The number of pyridine rings is 1. The van der Waals surface area contributed by atoms with Gasteiger partial charge in [-0.3, -0.25) is 14.7 Å². The molecule has 194 valence electrons. The van der Waals surface area contributed by atoms with Crippen molar-refractivity contribution >= 4 is 16.8 Å². The highest BCUT2D eigenvalue weighted by Gasteiger charge is 2.83. The van der Waals surface area contributed by atoms with Gasteiger partial charge in [0.1, 0.15) is 5.75 Å². The molecule has 1 aromatic heterocycles. The lowest BCUT2D eigenvalue weighted by molar-refractivity contribution is -0.0720. The van der Waals surface area contributed by atoms with Crippen molar-refractivity contribution in [3.8, 4) is 5.75 Å². The van der Waals surface area contributed by atoms with Crippen LogP contribution in [-0.4, -0.2) is 89.2 Å². The van der Waals surface area contributed by atoms with Gasteiger partial charge in [-0.15, -0.1) is 0 Å². The minimum Gasteiger partial charge on any atom is -0.497 e. The van der Waals surface area contributed by atoms with Gasteiger partial charge in [0.25, 0.3) is 5.91 Å². The van der Waals surface area contributed by atoms with Crippen LogP contribution in [0.5, 0.6) is 5.75 Å². The molecule has 1 saturated carbocycles. The van der Waals surface area contributed by atoms with E-state index in [9.17, 15) is 15.0 Å². The van der Waals surface area contributed by atoms with Crippen molar-refractivity contribution in [2.45, 2.75) is 73.9 Å². The standard InChI is InChI=1S/C27H36N4O5/c1-4-18(28)23(33)22(32)17(12-35-2)20-7-8-26-13-27(26)21(11-31(20)26)30-25(34)16-10-14-9-15(36-3)5-6-19(14)29-24(16)27/h5-6,9-10,17-18,20-23,32-33H,4,7-8,11-13,28H2,1-3H3,(H,30,34)/t17-,18-,20?,21?,22?,23+,26?,27-/m1/s1. The fourth-order valence-corrected chi connectivity index (χ4v) is 7.69. The first-order valence-electron chi connectivity index (χ1n) is 13.0. The SMILES string of the molecule is CC[C@@H](N)[C@H](O)C(O)[C@H](COC)C1CCC23C[C@@]24c2nc5ccc(OC)cc5cc2C(=O)NC4CN13. The third-order valence-corrected chi connectivity index (χ3v) is 9.60. The molecule has 9 nitrogen and oxygen atoms in total. The molecule has 0 bridgehead atoms. The number of methoxy groups -OCH3 is 2. The van der Waals surface area contributed by atoms with Crippen LogP contribution in [0.4, 0.5) is 0 Å². The number of hydrogen-bond donors (Lipinski definition) is 4. The van der Waals surface area contributed by atoms with Crippen molar-refractivity contribution in [3.63, 3.8) is 0 Å². The summed E-state index contributed by atoms with van der Waals surface area (Å²) >= 11 is 0. The zero-order valence-electron chi connectivity index (χ0n) is 21.1. The van der Waals surface area contributed by atoms with E-state index in [-0.39, 0.29) is 34.9 Å². The number of nitrogens with zero attached hydrogens (tertiary/aromatic N) is 2. The molecule has 4 unspecified atom stereocenters. The third kappa shape index (κ3) is 3.07. The summed E-state index contributed by atoms with van der Waals surface area (Å²) in [4.78, 5) is 20.8. The van der Waals surface area contributed by atoms with Crippen molar-refractivity contribution in [1.82, 2.24) is 15.2 Å². The largest absolute Gasteiger partial charge is 0.497 e. The molecular weight excluding hydrogens is 460 g/mol. The van der Waals surface area contributed by atoms with E-state index in [1.165, 1.54) is 0 Å². The van der Waals surface area contributed by atoms with Gasteiger partial charge in [-0.2, -0.15) is 0 Å². The van der Waals surface area contributed by atoms with E-state index in [0.717, 1.165) is 41.6 Å². The Kier molecular flexibility index (Phi) is 5.59. The number of aliphatic hydroxyl groups is 2. The molecule has 1 amide bonds. The van der Waals surface area contributed by atoms with E-state index < -0.39 is 18.2 Å². The quantitative estimate of drug-likeness (QED) is 0.425. The van der Waals surface area contributed by atoms with Gasteiger partial charge in [0.05, 0.1) is 54.2 Å². The lowest BCUT2D eigenvalue weighted by Gasteiger charge is -2.38. The predicted molar refractivity (Wildman–Crippen MR) is 134 cm³/mol. The Morgan fingerprint density at radius 3 is 2.81 bits per heavy atom. The average Bonchev–Trinajstić information content (AvgIpc) is 3.30. The lowest BCUT2D eigenvalue weighted by Crippen LogP contribution is -2.54. The number of piperidine rings is 1. The van der Waals surface area contributed by atoms with Crippen molar-refractivity contribution in [2.24, 2.45) is 11.7 Å². The summed E-state index contributed by atoms with van der Waals surface area (Å²) in [5.74, 6) is 0.361. The van der Waals surface area contributed by atoms with E-state index in [1.807, 2.05) is 31.2 Å². The Labute approximate surface area is 211 Å². The molecule has 4 heterocycles. The molecule has 36 heavy (non-hydrogen) atoms. The predicted octanol–water partition coefficient (Wildman–Crippen LogP) is 0.935. The van der Waals surface area contributed by atoms with Crippen LogP contribution in [0.3, 0.4) is 0 Å². The summed E-state index contributed by atoms with van der Waals surface area (Å²) in [6.45, 7) is 2.93. The van der Waals surface area contributed by atoms with Gasteiger partial charge < -0.3 is 30.7 Å². The number of carbonyl (C=O) groups is 1. The minimum atomic E-state index is -1.02. The van der Waals surface area contributed by atoms with Crippen molar-refractivity contribution < 1.29 is 24.5 Å². The van der Waals surface area contributed by atoms with E-state index in [0.29, 0.717) is 25.1 Å². The number of aliphatic hydroxyl groups excluding tert-OH is 2. The smallest absolute Gasteiger partial charge is 0.253 e. The molecule has 2 spiro atoms. The molecule has 2 saturated heterocycles. The lowest BCUT2D eigenvalue weighted by atomic mass is 9.82. The summed E-state index contributed by atoms with van der Waals surface area (Å²) in [7, 11) is 3.25. The normalized spacial score (nSPS) is 33.7. The highest BCUT2D eigenvalue weighted by atomic mass is 16.5. The molecule has 0 radical (unpaired) electrons. The number of fused-ring (bicyclic) bond motifs is 2. The summed E-state index contributed by atoms with van der Waals surface area (Å²) in [6, 6.07) is 7.21. The number of amides is 1. The molecule has 9 heteroatoms. The average molecular weight is 497 g/mol. The Morgan fingerprint density at radius 1 is 1.28 bits per heavy atom. The van der Waals surface area contributed by atoms with E-state index in [1.54, 1.807) is 14.2 Å². The van der Waals surface area contributed by atoms with Gasteiger partial charge in [0.2, 0.25) is 0 Å². The van der Waals surface area contributed by atoms with Crippen LogP contribution < -0.4 is 15.8 Å². The third-order valence-electron chi connectivity index (χ3n) is 9.60. The number of benzene rings is 1. The highest BCUT2D eigenvalue weighted by molar-refractivity contribution is 6.01. The number of ether oxygens (including phenoxy) is 2. The van der Waals surface area contributed by atoms with Gasteiger partial charge in [0.15, 0.2) is 0 Å². The van der Waals surface area contributed by atoms with Crippen LogP contribution in [-0.2, 0) is 10.2 Å². The Hall–Kier alpha value is -2.30. The summed E-state index contributed by atoms with van der Waals surface area (Å²) in [6.07, 6.45) is 1.34.